The summed E-state index contributed by atoms with van der Waals surface area (Å²) in [6, 6.07) is 8.19. The molecule has 180 valence electrons. The Bertz CT molecular complexity index is 892. The van der Waals surface area contributed by atoms with Crippen molar-refractivity contribution in [1.29, 1.82) is 0 Å². The van der Waals surface area contributed by atoms with Gasteiger partial charge in [-0.25, -0.2) is 4.68 Å². The average Bonchev–Trinajstić information content (AvgIpc) is 3.29. The molecular weight excluding hydrogens is 457 g/mol. The van der Waals surface area contributed by atoms with Crippen LogP contribution in [0, 0.1) is 17.8 Å². The van der Waals surface area contributed by atoms with E-state index < -0.39 is 0 Å². The molecule has 33 heavy (non-hydrogen) atoms. The minimum Gasteiger partial charge on any atom is -0.379 e. The lowest BCUT2D eigenvalue weighted by atomic mass is 9.53. The largest absolute Gasteiger partial charge is 0.379 e. The molecule has 0 atom stereocenters. The van der Waals surface area contributed by atoms with Gasteiger partial charge in [0.1, 0.15) is 0 Å². The zero-order chi connectivity index (χ0) is 21.5. The smallest absolute Gasteiger partial charge is 0.171 e. The summed E-state index contributed by atoms with van der Waals surface area (Å²) >= 11 is 6.12. The van der Waals surface area contributed by atoms with Crippen molar-refractivity contribution in [1.82, 2.24) is 19.9 Å². The zero-order valence-corrected chi connectivity index (χ0v) is 20.8. The zero-order valence-electron chi connectivity index (χ0n) is 19.2. The van der Waals surface area contributed by atoms with Gasteiger partial charge in [-0.05, 0) is 74.0 Å². The lowest BCUT2D eigenvalue weighted by molar-refractivity contribution is -0.0502. The first-order chi connectivity index (χ1) is 15.6. The van der Waals surface area contributed by atoms with E-state index in [2.05, 4.69) is 32.8 Å². The van der Waals surface area contributed by atoms with Gasteiger partial charge in [0.05, 0.1) is 24.9 Å². The van der Waals surface area contributed by atoms with Crippen molar-refractivity contribution in [2.45, 2.75) is 50.6 Å². The quantitative estimate of drug-likeness (QED) is 0.565. The molecule has 1 saturated heterocycles. The summed E-state index contributed by atoms with van der Waals surface area (Å²) in [5.41, 5.74) is 1.47. The highest BCUT2D eigenvalue weighted by molar-refractivity contribution is 6.30. The monoisotopic (exact) mass is 491 g/mol. The summed E-state index contributed by atoms with van der Waals surface area (Å²) in [5.74, 6) is 3.71. The Morgan fingerprint density at radius 2 is 1.64 bits per heavy atom. The molecule has 4 saturated carbocycles. The van der Waals surface area contributed by atoms with Crippen molar-refractivity contribution in [3.8, 4) is 0 Å². The van der Waals surface area contributed by atoms with Gasteiger partial charge >= 0.3 is 0 Å². The Hall–Kier alpha value is -1.34. The van der Waals surface area contributed by atoms with Crippen molar-refractivity contribution in [3.05, 3.63) is 41.0 Å². The molecule has 2 heterocycles. The molecule has 4 aliphatic carbocycles. The summed E-state index contributed by atoms with van der Waals surface area (Å²) in [5, 5.41) is 10.2. The van der Waals surface area contributed by atoms with Gasteiger partial charge in [-0.1, -0.05) is 28.9 Å². The van der Waals surface area contributed by atoms with E-state index in [-0.39, 0.29) is 17.9 Å². The molecule has 1 aromatic heterocycles. The van der Waals surface area contributed by atoms with Gasteiger partial charge in [-0.2, -0.15) is 0 Å². The molecule has 1 aliphatic heterocycles. The summed E-state index contributed by atoms with van der Waals surface area (Å²) in [6.07, 6.45) is 10.5. The van der Waals surface area contributed by atoms with Crippen LogP contribution < -0.4 is 4.90 Å². The van der Waals surface area contributed by atoms with Crippen LogP contribution in [0.2, 0.25) is 5.02 Å². The number of anilines is 1. The summed E-state index contributed by atoms with van der Waals surface area (Å²) in [7, 11) is 0. The lowest BCUT2D eigenvalue weighted by Crippen LogP contribution is -2.52. The first-order valence-electron chi connectivity index (χ1n) is 12.4. The van der Waals surface area contributed by atoms with E-state index in [1.165, 1.54) is 44.1 Å². The van der Waals surface area contributed by atoms with Gasteiger partial charge in [0.2, 0.25) is 0 Å². The Balaban J connectivity index is 0.00000228. The van der Waals surface area contributed by atoms with Crippen molar-refractivity contribution in [2.24, 2.45) is 17.8 Å². The van der Waals surface area contributed by atoms with E-state index in [1.54, 1.807) is 0 Å². The van der Waals surface area contributed by atoms with Crippen LogP contribution in [-0.2, 0) is 16.8 Å². The summed E-state index contributed by atoms with van der Waals surface area (Å²) in [6.45, 7) is 6.45. The molecular formula is C25H35Cl2N5O. The van der Waals surface area contributed by atoms with Gasteiger partial charge in [0.25, 0.3) is 0 Å². The third-order valence-corrected chi connectivity index (χ3v) is 8.63. The first kappa shape index (κ1) is 23.4. The van der Waals surface area contributed by atoms with E-state index in [1.807, 2.05) is 12.1 Å². The molecule has 0 unspecified atom stereocenters. The maximum absolute atomic E-state index is 6.12. The van der Waals surface area contributed by atoms with Gasteiger partial charge < -0.3 is 9.64 Å². The second-order valence-electron chi connectivity index (χ2n) is 10.7. The number of hydrogen-bond donors (Lipinski definition) is 0. The topological polar surface area (TPSA) is 46.4 Å². The number of morpholine rings is 1. The van der Waals surface area contributed by atoms with E-state index in [4.69, 9.17) is 26.6 Å². The fraction of sp³-hybridized carbons (Fsp3) is 0.680. The maximum Gasteiger partial charge on any atom is 0.171 e. The molecule has 0 radical (unpaired) electrons. The second-order valence-corrected chi connectivity index (χ2v) is 11.1. The van der Waals surface area contributed by atoms with Crippen LogP contribution in [-0.4, -0.2) is 59.3 Å². The highest BCUT2D eigenvalue weighted by atomic mass is 35.5. The number of halogens is 2. The molecule has 4 bridgehead atoms. The Kier molecular flexibility index (Phi) is 6.90. The van der Waals surface area contributed by atoms with Crippen LogP contribution >= 0.6 is 24.0 Å². The van der Waals surface area contributed by atoms with E-state index in [0.717, 1.165) is 74.5 Å². The van der Waals surface area contributed by atoms with Crippen LogP contribution in [0.1, 0.15) is 44.1 Å². The number of ether oxygens (including phenoxy) is 1. The third-order valence-electron chi connectivity index (χ3n) is 8.37. The predicted octanol–water partition coefficient (Wildman–Crippen LogP) is 4.62. The second kappa shape index (κ2) is 9.73. The van der Waals surface area contributed by atoms with Crippen LogP contribution in [0.5, 0.6) is 0 Å². The fourth-order valence-electron chi connectivity index (χ4n) is 7.15. The lowest BCUT2D eigenvalue weighted by Gasteiger charge is -2.56. The molecule has 0 N–H and O–H groups in total. The van der Waals surface area contributed by atoms with Crippen LogP contribution in [0.15, 0.2) is 30.5 Å². The van der Waals surface area contributed by atoms with Gasteiger partial charge in [-0.3, -0.25) is 4.90 Å². The Morgan fingerprint density at radius 3 is 2.27 bits per heavy atom. The van der Waals surface area contributed by atoms with Crippen molar-refractivity contribution in [3.63, 3.8) is 0 Å². The maximum atomic E-state index is 6.12. The molecule has 0 spiro atoms. The normalized spacial score (nSPS) is 30.9. The number of nitrogens with zero attached hydrogens (tertiary/aromatic N) is 5. The molecule has 7 rings (SSSR count). The molecule has 1 aromatic carbocycles. The summed E-state index contributed by atoms with van der Waals surface area (Å²) in [4.78, 5) is 4.88. The highest BCUT2D eigenvalue weighted by Crippen LogP contribution is 2.58. The number of hydrogen-bond acceptors (Lipinski definition) is 5. The van der Waals surface area contributed by atoms with Crippen LogP contribution in [0.4, 0.5) is 5.82 Å². The van der Waals surface area contributed by atoms with Gasteiger partial charge in [0, 0.05) is 37.7 Å². The third kappa shape index (κ3) is 4.90. The standard InChI is InChI=1S/C25H34ClN5O.ClH/c26-23-3-1-19(2-4-23)17-30(6-5-29-7-9-32-10-8-29)24-18-31(28-27-24)25-14-20-11-21(15-25)13-22(12-20)16-25;/h1-4,18,20-22H,5-17H2;1H. The predicted molar refractivity (Wildman–Crippen MR) is 133 cm³/mol. The van der Waals surface area contributed by atoms with Gasteiger partial charge in [0.15, 0.2) is 5.82 Å². The van der Waals surface area contributed by atoms with Gasteiger partial charge in [-0.15, -0.1) is 17.5 Å². The van der Waals surface area contributed by atoms with E-state index >= 15 is 0 Å². The Morgan fingerprint density at radius 1 is 1.00 bits per heavy atom. The Labute approximate surface area is 208 Å². The SMILES string of the molecule is Cl.Clc1ccc(CN(CCN2CCOCC2)c2cn(C34CC5CC(CC(C5)C3)C4)nn2)cc1. The average molecular weight is 492 g/mol. The van der Waals surface area contributed by atoms with Crippen molar-refractivity contribution < 1.29 is 4.74 Å². The fourth-order valence-corrected chi connectivity index (χ4v) is 7.27. The minimum atomic E-state index is 0. The summed E-state index contributed by atoms with van der Waals surface area (Å²) < 4.78 is 7.80. The minimum absolute atomic E-state index is 0. The number of benzene rings is 1. The molecule has 0 amide bonds. The molecule has 5 aliphatic rings. The van der Waals surface area contributed by atoms with E-state index in [9.17, 15) is 0 Å². The van der Waals surface area contributed by atoms with Crippen molar-refractivity contribution >= 4 is 29.8 Å². The first-order valence-corrected chi connectivity index (χ1v) is 12.8. The van der Waals surface area contributed by atoms with Crippen LogP contribution in [0.3, 0.4) is 0 Å². The molecule has 6 nitrogen and oxygen atoms in total. The number of rotatable bonds is 7. The van der Waals surface area contributed by atoms with Crippen LogP contribution in [0.25, 0.3) is 0 Å². The van der Waals surface area contributed by atoms with Crippen molar-refractivity contribution in [2.75, 3.05) is 44.3 Å². The van der Waals surface area contributed by atoms with E-state index in [0.29, 0.717) is 0 Å². The molecule has 5 fully saturated rings. The number of aromatic nitrogens is 3. The molecule has 8 heteroatoms. The molecule has 2 aromatic rings. The highest BCUT2D eigenvalue weighted by Gasteiger charge is 2.52.